The Labute approximate surface area is 116 Å². The third-order valence-electron chi connectivity index (χ3n) is 2.93. The van der Waals surface area contributed by atoms with Gasteiger partial charge < -0.3 is 4.90 Å². The van der Waals surface area contributed by atoms with Gasteiger partial charge in [0.1, 0.15) is 11.9 Å². The lowest BCUT2D eigenvalue weighted by Gasteiger charge is -2.28. The maximum Gasteiger partial charge on any atom is 0.143 e. The summed E-state index contributed by atoms with van der Waals surface area (Å²) in [5.41, 5.74) is 0.892. The number of nitrogens with zero attached hydrogens (tertiary/aromatic N) is 2. The van der Waals surface area contributed by atoms with Gasteiger partial charge in [-0.15, -0.1) is 11.3 Å². The highest BCUT2D eigenvalue weighted by Crippen LogP contribution is 2.24. The SMILES string of the molecule is CC(C)N(Cc1cccs1)c1ccc(C#N)c(F)c1. The average molecular weight is 274 g/mol. The minimum absolute atomic E-state index is 0.0866. The van der Waals surface area contributed by atoms with Gasteiger partial charge in [0.05, 0.1) is 12.1 Å². The first-order valence-electron chi connectivity index (χ1n) is 6.10. The Bertz CT molecular complexity index is 585. The van der Waals surface area contributed by atoms with Crippen molar-refractivity contribution < 1.29 is 4.39 Å². The van der Waals surface area contributed by atoms with Crippen LogP contribution in [0.3, 0.4) is 0 Å². The molecule has 2 aromatic rings. The van der Waals surface area contributed by atoms with Gasteiger partial charge in [-0.2, -0.15) is 5.26 Å². The number of hydrogen-bond acceptors (Lipinski definition) is 3. The molecule has 0 spiro atoms. The Kier molecular flexibility index (Phi) is 4.18. The van der Waals surface area contributed by atoms with E-state index in [1.807, 2.05) is 17.5 Å². The van der Waals surface area contributed by atoms with Crippen LogP contribution in [-0.4, -0.2) is 6.04 Å². The van der Waals surface area contributed by atoms with Crippen molar-refractivity contribution in [1.29, 1.82) is 5.26 Å². The number of anilines is 1. The third-order valence-corrected chi connectivity index (χ3v) is 3.80. The second-order valence-electron chi connectivity index (χ2n) is 4.58. The van der Waals surface area contributed by atoms with E-state index >= 15 is 0 Å². The van der Waals surface area contributed by atoms with Gasteiger partial charge in [-0.05, 0) is 43.5 Å². The largest absolute Gasteiger partial charge is 0.364 e. The molecule has 0 aliphatic carbocycles. The van der Waals surface area contributed by atoms with Crippen LogP contribution >= 0.6 is 11.3 Å². The molecule has 0 N–H and O–H groups in total. The molecule has 0 saturated carbocycles. The van der Waals surface area contributed by atoms with Crippen molar-refractivity contribution in [2.24, 2.45) is 0 Å². The first-order valence-corrected chi connectivity index (χ1v) is 6.98. The molecule has 19 heavy (non-hydrogen) atoms. The summed E-state index contributed by atoms with van der Waals surface area (Å²) in [4.78, 5) is 3.36. The van der Waals surface area contributed by atoms with Crippen LogP contribution in [0.5, 0.6) is 0 Å². The Morgan fingerprint density at radius 2 is 2.16 bits per heavy atom. The van der Waals surface area contributed by atoms with Crippen LogP contribution in [0.1, 0.15) is 24.3 Å². The highest BCUT2D eigenvalue weighted by atomic mass is 32.1. The number of benzene rings is 1. The fourth-order valence-corrected chi connectivity index (χ4v) is 2.62. The van der Waals surface area contributed by atoms with Crippen LogP contribution in [0, 0.1) is 17.1 Å². The van der Waals surface area contributed by atoms with Gasteiger partial charge in [-0.3, -0.25) is 0 Å². The summed E-state index contributed by atoms with van der Waals surface area (Å²) in [6, 6.07) is 11.0. The Morgan fingerprint density at radius 1 is 1.37 bits per heavy atom. The van der Waals surface area contributed by atoms with Gasteiger partial charge in [-0.1, -0.05) is 6.07 Å². The van der Waals surface area contributed by atoms with Crippen molar-refractivity contribution >= 4 is 17.0 Å². The molecule has 1 heterocycles. The highest BCUT2D eigenvalue weighted by Gasteiger charge is 2.14. The molecule has 0 atom stereocenters. The van der Waals surface area contributed by atoms with Crippen molar-refractivity contribution in [3.63, 3.8) is 0 Å². The molecule has 2 rings (SSSR count). The number of thiophene rings is 1. The summed E-state index contributed by atoms with van der Waals surface area (Å²) in [7, 11) is 0. The molecule has 98 valence electrons. The lowest BCUT2D eigenvalue weighted by Crippen LogP contribution is -2.29. The third kappa shape index (κ3) is 3.12. The Morgan fingerprint density at radius 3 is 2.68 bits per heavy atom. The minimum Gasteiger partial charge on any atom is -0.364 e. The van der Waals surface area contributed by atoms with Gasteiger partial charge in [0.15, 0.2) is 0 Å². The first kappa shape index (κ1) is 13.6. The van der Waals surface area contributed by atoms with E-state index in [2.05, 4.69) is 24.8 Å². The molecule has 0 aliphatic heterocycles. The second-order valence-corrected chi connectivity index (χ2v) is 5.61. The summed E-state index contributed by atoms with van der Waals surface area (Å²) in [6.45, 7) is 4.90. The van der Waals surface area contributed by atoms with Crippen molar-refractivity contribution in [2.75, 3.05) is 4.90 Å². The zero-order valence-corrected chi connectivity index (χ0v) is 11.7. The maximum atomic E-state index is 13.7. The van der Waals surface area contributed by atoms with Crippen LogP contribution in [0.15, 0.2) is 35.7 Å². The number of halogens is 1. The van der Waals surface area contributed by atoms with Crippen LogP contribution < -0.4 is 4.90 Å². The van der Waals surface area contributed by atoms with Crippen LogP contribution in [0.4, 0.5) is 10.1 Å². The predicted octanol–water partition coefficient (Wildman–Crippen LogP) is 4.17. The highest BCUT2D eigenvalue weighted by molar-refractivity contribution is 7.09. The van der Waals surface area contributed by atoms with E-state index in [1.165, 1.54) is 17.0 Å². The molecule has 0 unspecified atom stereocenters. The Hall–Kier alpha value is -1.86. The quantitative estimate of drug-likeness (QED) is 0.836. The van der Waals surface area contributed by atoms with Gasteiger partial charge in [0.25, 0.3) is 0 Å². The van der Waals surface area contributed by atoms with Gasteiger partial charge in [0.2, 0.25) is 0 Å². The molecule has 0 bridgehead atoms. The number of hydrogen-bond donors (Lipinski definition) is 0. The van der Waals surface area contributed by atoms with E-state index in [0.717, 1.165) is 12.2 Å². The molecule has 1 aromatic carbocycles. The zero-order valence-electron chi connectivity index (χ0n) is 10.9. The van der Waals surface area contributed by atoms with E-state index < -0.39 is 5.82 Å². The first-order chi connectivity index (χ1) is 9.11. The van der Waals surface area contributed by atoms with E-state index in [1.54, 1.807) is 17.4 Å². The molecule has 2 nitrogen and oxygen atoms in total. The van der Waals surface area contributed by atoms with Crippen LogP contribution in [-0.2, 0) is 6.54 Å². The van der Waals surface area contributed by atoms with Gasteiger partial charge in [-0.25, -0.2) is 4.39 Å². The summed E-state index contributed by atoms with van der Waals surface area (Å²) in [5, 5.41) is 10.8. The van der Waals surface area contributed by atoms with Gasteiger partial charge >= 0.3 is 0 Å². The summed E-state index contributed by atoms with van der Waals surface area (Å²) >= 11 is 1.69. The predicted molar refractivity (Wildman–Crippen MR) is 76.8 cm³/mol. The molecule has 4 heteroatoms. The van der Waals surface area contributed by atoms with E-state index in [4.69, 9.17) is 5.26 Å². The smallest absolute Gasteiger partial charge is 0.143 e. The zero-order chi connectivity index (χ0) is 13.8. The van der Waals surface area contributed by atoms with E-state index in [9.17, 15) is 4.39 Å². The minimum atomic E-state index is -0.461. The number of nitriles is 1. The summed E-state index contributed by atoms with van der Waals surface area (Å²) in [6.07, 6.45) is 0. The van der Waals surface area contributed by atoms with Crippen molar-refractivity contribution in [3.05, 3.63) is 52.0 Å². The van der Waals surface area contributed by atoms with Gasteiger partial charge in [0, 0.05) is 16.6 Å². The van der Waals surface area contributed by atoms with Crippen molar-refractivity contribution in [2.45, 2.75) is 26.4 Å². The fraction of sp³-hybridized carbons (Fsp3) is 0.267. The molecule has 0 fully saturated rings. The fourth-order valence-electron chi connectivity index (χ4n) is 1.92. The molecule has 1 aromatic heterocycles. The molecular formula is C15H15FN2S. The summed E-state index contributed by atoms with van der Waals surface area (Å²) < 4.78 is 13.7. The normalized spacial score (nSPS) is 10.5. The molecule has 0 saturated heterocycles. The lowest BCUT2D eigenvalue weighted by molar-refractivity contribution is 0.619. The van der Waals surface area contributed by atoms with E-state index in [-0.39, 0.29) is 11.6 Å². The van der Waals surface area contributed by atoms with Crippen LogP contribution in [0.25, 0.3) is 0 Å². The van der Waals surface area contributed by atoms with E-state index in [0.29, 0.717) is 0 Å². The molecular weight excluding hydrogens is 259 g/mol. The Balaban J connectivity index is 2.29. The average Bonchev–Trinajstić information content (AvgIpc) is 2.88. The molecule has 0 aliphatic rings. The van der Waals surface area contributed by atoms with Crippen LogP contribution in [0.2, 0.25) is 0 Å². The standard InChI is InChI=1S/C15H15FN2S/c1-11(2)18(10-14-4-3-7-19-14)13-6-5-12(9-17)15(16)8-13/h3-8,11H,10H2,1-2H3. The molecule has 0 radical (unpaired) electrons. The summed E-state index contributed by atoms with van der Waals surface area (Å²) in [5.74, 6) is -0.461. The second kappa shape index (κ2) is 5.85. The van der Waals surface area contributed by atoms with Crippen molar-refractivity contribution in [3.8, 4) is 6.07 Å². The number of rotatable bonds is 4. The van der Waals surface area contributed by atoms with Crippen molar-refractivity contribution in [1.82, 2.24) is 0 Å². The lowest BCUT2D eigenvalue weighted by atomic mass is 10.1. The topological polar surface area (TPSA) is 27.0 Å². The maximum absolute atomic E-state index is 13.7. The molecule has 0 amide bonds. The monoisotopic (exact) mass is 274 g/mol.